The fourth-order valence-electron chi connectivity index (χ4n) is 1.51. The molecule has 2 heterocycles. The molecular weight excluding hydrogens is 246 g/mol. The molecule has 0 spiro atoms. The fraction of sp³-hybridized carbons (Fsp3) is 0.333. The van der Waals surface area contributed by atoms with Crippen LogP contribution in [-0.2, 0) is 17.8 Å². The van der Waals surface area contributed by atoms with E-state index in [9.17, 15) is 4.79 Å². The highest BCUT2D eigenvalue weighted by Crippen LogP contribution is 2.15. The van der Waals surface area contributed by atoms with E-state index in [-0.39, 0.29) is 5.91 Å². The zero-order chi connectivity index (χ0) is 9.97. The Kier molecular flexibility index (Phi) is 2.55. The standard InChI is InChI=1S/C9H8BrN3O/c10-3-1-9(14)13-4-2-8-7(6-13)5-11-12-8/h5H,2,4,6H2,(H,11,12). The van der Waals surface area contributed by atoms with Crippen molar-refractivity contribution in [2.75, 3.05) is 6.54 Å². The van der Waals surface area contributed by atoms with E-state index < -0.39 is 0 Å². The highest BCUT2D eigenvalue weighted by atomic mass is 79.9. The Balaban J connectivity index is 2.13. The Hall–Kier alpha value is -1.28. The number of carbonyl (C=O) groups excluding carboxylic acids is 1. The number of aromatic amines is 1. The number of aromatic nitrogens is 2. The SMILES string of the molecule is O=C(C#CBr)N1CCc2[nH]ncc2C1. The van der Waals surface area contributed by atoms with Crippen LogP contribution < -0.4 is 0 Å². The van der Waals surface area contributed by atoms with Crippen molar-refractivity contribution in [1.29, 1.82) is 0 Å². The number of nitrogens with one attached hydrogen (secondary N) is 1. The molecule has 4 nitrogen and oxygen atoms in total. The third-order valence-electron chi connectivity index (χ3n) is 2.24. The van der Waals surface area contributed by atoms with E-state index in [1.165, 1.54) is 0 Å². The maximum atomic E-state index is 11.4. The number of rotatable bonds is 0. The summed E-state index contributed by atoms with van der Waals surface area (Å²) in [6, 6.07) is 0. The minimum Gasteiger partial charge on any atom is -0.327 e. The number of nitrogens with zero attached hydrogens (tertiary/aromatic N) is 2. The second kappa shape index (κ2) is 3.84. The maximum Gasteiger partial charge on any atom is 0.299 e. The third-order valence-corrected chi connectivity index (χ3v) is 2.44. The zero-order valence-corrected chi connectivity index (χ0v) is 8.97. The second-order valence-electron chi connectivity index (χ2n) is 3.07. The Labute approximate surface area is 89.8 Å². The summed E-state index contributed by atoms with van der Waals surface area (Å²) in [4.78, 5) is 15.6. The molecular formula is C9H8BrN3O. The van der Waals surface area contributed by atoms with E-state index in [0.29, 0.717) is 13.1 Å². The normalized spacial score (nSPS) is 14.2. The van der Waals surface area contributed by atoms with E-state index in [4.69, 9.17) is 0 Å². The van der Waals surface area contributed by atoms with Gasteiger partial charge in [-0.25, -0.2) is 0 Å². The first-order valence-corrected chi connectivity index (χ1v) is 5.02. The summed E-state index contributed by atoms with van der Waals surface area (Å²) in [5.41, 5.74) is 2.21. The highest BCUT2D eigenvalue weighted by molar-refractivity contribution is 9.12. The zero-order valence-electron chi connectivity index (χ0n) is 7.38. The molecule has 5 heteroatoms. The molecule has 0 saturated carbocycles. The van der Waals surface area contributed by atoms with Gasteiger partial charge in [0.15, 0.2) is 0 Å². The van der Waals surface area contributed by atoms with Crippen molar-refractivity contribution in [2.24, 2.45) is 0 Å². The maximum absolute atomic E-state index is 11.4. The van der Waals surface area contributed by atoms with E-state index >= 15 is 0 Å². The lowest BCUT2D eigenvalue weighted by Gasteiger charge is -2.24. The number of amides is 1. The Bertz CT molecular complexity index is 415. The number of H-pyrrole nitrogens is 1. The first kappa shape index (κ1) is 9.28. The molecule has 1 aromatic rings. The first-order valence-electron chi connectivity index (χ1n) is 4.23. The minimum atomic E-state index is -0.145. The Morgan fingerprint density at radius 3 is 3.36 bits per heavy atom. The molecule has 0 aliphatic carbocycles. The lowest BCUT2D eigenvalue weighted by Crippen LogP contribution is -2.34. The van der Waals surface area contributed by atoms with Gasteiger partial charge in [-0.15, -0.1) is 0 Å². The van der Waals surface area contributed by atoms with Crippen LogP contribution >= 0.6 is 15.9 Å². The van der Waals surface area contributed by atoms with Crippen LogP contribution in [0.3, 0.4) is 0 Å². The van der Waals surface area contributed by atoms with Crippen LogP contribution in [-0.4, -0.2) is 27.5 Å². The van der Waals surface area contributed by atoms with Gasteiger partial charge in [-0.05, 0) is 4.83 Å². The fourth-order valence-corrected chi connectivity index (χ4v) is 1.68. The largest absolute Gasteiger partial charge is 0.327 e. The number of carbonyl (C=O) groups is 1. The lowest BCUT2D eigenvalue weighted by molar-refractivity contribution is -0.125. The monoisotopic (exact) mass is 253 g/mol. The third kappa shape index (κ3) is 1.66. The van der Waals surface area contributed by atoms with Gasteiger partial charge in [-0.2, -0.15) is 5.10 Å². The van der Waals surface area contributed by atoms with Crippen LogP contribution in [0.1, 0.15) is 11.3 Å². The van der Waals surface area contributed by atoms with Crippen molar-refractivity contribution < 1.29 is 4.79 Å². The van der Waals surface area contributed by atoms with Gasteiger partial charge in [0, 0.05) is 52.6 Å². The molecule has 1 amide bonds. The van der Waals surface area contributed by atoms with E-state index in [0.717, 1.165) is 17.7 Å². The van der Waals surface area contributed by atoms with Crippen LogP contribution in [0.4, 0.5) is 0 Å². The van der Waals surface area contributed by atoms with Crippen LogP contribution in [0.5, 0.6) is 0 Å². The van der Waals surface area contributed by atoms with E-state index in [1.807, 2.05) is 0 Å². The molecule has 0 aromatic carbocycles. The first-order chi connectivity index (χ1) is 6.81. The summed E-state index contributed by atoms with van der Waals surface area (Å²) in [6.45, 7) is 1.31. The van der Waals surface area contributed by atoms with Gasteiger partial charge in [-0.1, -0.05) is 0 Å². The Morgan fingerprint density at radius 2 is 2.57 bits per heavy atom. The molecule has 72 valence electrons. The molecule has 0 saturated heterocycles. The summed E-state index contributed by atoms with van der Waals surface area (Å²) in [5, 5.41) is 6.85. The van der Waals surface area contributed by atoms with Gasteiger partial charge in [0.05, 0.1) is 6.20 Å². The molecule has 0 unspecified atom stereocenters. The van der Waals surface area contributed by atoms with Crippen molar-refractivity contribution in [2.45, 2.75) is 13.0 Å². The van der Waals surface area contributed by atoms with Crippen molar-refractivity contribution >= 4 is 21.8 Å². The molecule has 1 aromatic heterocycles. The quantitative estimate of drug-likeness (QED) is 0.691. The van der Waals surface area contributed by atoms with Crippen LogP contribution in [0, 0.1) is 10.8 Å². The van der Waals surface area contributed by atoms with Gasteiger partial charge in [-0.3, -0.25) is 9.89 Å². The van der Waals surface area contributed by atoms with Crippen LogP contribution in [0.2, 0.25) is 0 Å². The summed E-state index contributed by atoms with van der Waals surface area (Å²) in [6.07, 6.45) is 2.58. The lowest BCUT2D eigenvalue weighted by atomic mass is 10.1. The Morgan fingerprint density at radius 1 is 1.71 bits per heavy atom. The van der Waals surface area contributed by atoms with Gasteiger partial charge in [0.2, 0.25) is 0 Å². The molecule has 1 aliphatic rings. The summed E-state index contributed by atoms with van der Waals surface area (Å²) in [5.74, 6) is 2.32. The van der Waals surface area contributed by atoms with Gasteiger partial charge in [0.25, 0.3) is 5.91 Å². The average molecular weight is 254 g/mol. The average Bonchev–Trinajstić information content (AvgIpc) is 2.64. The van der Waals surface area contributed by atoms with Crippen molar-refractivity contribution in [1.82, 2.24) is 15.1 Å². The predicted molar refractivity (Wildman–Crippen MR) is 54.4 cm³/mol. The molecule has 0 fully saturated rings. The van der Waals surface area contributed by atoms with Crippen molar-refractivity contribution in [3.8, 4) is 10.8 Å². The molecule has 1 aliphatic heterocycles. The summed E-state index contributed by atoms with van der Waals surface area (Å²) >= 11 is 2.91. The highest BCUT2D eigenvalue weighted by Gasteiger charge is 2.20. The summed E-state index contributed by atoms with van der Waals surface area (Å²) < 4.78 is 0. The smallest absolute Gasteiger partial charge is 0.299 e. The molecule has 0 atom stereocenters. The topological polar surface area (TPSA) is 49.0 Å². The van der Waals surface area contributed by atoms with Crippen molar-refractivity contribution in [3.05, 3.63) is 17.5 Å². The van der Waals surface area contributed by atoms with Crippen LogP contribution in [0.25, 0.3) is 0 Å². The number of halogens is 1. The van der Waals surface area contributed by atoms with Crippen molar-refractivity contribution in [3.63, 3.8) is 0 Å². The van der Waals surface area contributed by atoms with E-state index in [2.05, 4.69) is 36.9 Å². The number of fused-ring (bicyclic) bond motifs is 1. The predicted octanol–water partition coefficient (Wildman–Crippen LogP) is 0.650. The molecule has 0 bridgehead atoms. The minimum absolute atomic E-state index is 0.145. The molecule has 14 heavy (non-hydrogen) atoms. The summed E-state index contributed by atoms with van der Waals surface area (Å²) in [7, 11) is 0. The van der Waals surface area contributed by atoms with Gasteiger partial charge < -0.3 is 4.90 Å². The van der Waals surface area contributed by atoms with E-state index in [1.54, 1.807) is 11.1 Å². The second-order valence-corrected chi connectivity index (χ2v) is 3.47. The molecule has 1 N–H and O–H groups in total. The number of hydrogen-bond donors (Lipinski definition) is 1. The van der Waals surface area contributed by atoms with Gasteiger partial charge >= 0.3 is 0 Å². The van der Waals surface area contributed by atoms with Gasteiger partial charge in [0.1, 0.15) is 0 Å². The number of hydrogen-bond acceptors (Lipinski definition) is 2. The molecule has 0 radical (unpaired) electrons. The molecule has 2 rings (SSSR count). The van der Waals surface area contributed by atoms with Crippen LogP contribution in [0.15, 0.2) is 6.20 Å².